The summed E-state index contributed by atoms with van der Waals surface area (Å²) < 4.78 is 18.3. The molecule has 108 valence electrons. The standard InChI is InChI=1S/C17H16FNO2/c1-12-6-8-14(18)11-16(12)19-17(20)9-7-13-4-3-5-15(10-13)21-2/h3-11H,1-2H3,(H,19,20). The summed E-state index contributed by atoms with van der Waals surface area (Å²) in [5.74, 6) is 0.0257. The Morgan fingerprint density at radius 1 is 1.24 bits per heavy atom. The third-order valence-electron chi connectivity index (χ3n) is 2.98. The first kappa shape index (κ1) is 14.8. The molecule has 4 heteroatoms. The van der Waals surface area contributed by atoms with Crippen molar-refractivity contribution < 1.29 is 13.9 Å². The van der Waals surface area contributed by atoms with Crippen LogP contribution in [0.3, 0.4) is 0 Å². The summed E-state index contributed by atoms with van der Waals surface area (Å²) in [6.45, 7) is 1.81. The fourth-order valence-electron chi connectivity index (χ4n) is 1.82. The summed E-state index contributed by atoms with van der Waals surface area (Å²) in [5, 5.41) is 2.65. The highest BCUT2D eigenvalue weighted by Gasteiger charge is 2.03. The van der Waals surface area contributed by atoms with E-state index in [1.165, 1.54) is 18.2 Å². The minimum absolute atomic E-state index is 0.313. The second-order valence-corrected chi connectivity index (χ2v) is 4.56. The maximum Gasteiger partial charge on any atom is 0.248 e. The first-order valence-corrected chi connectivity index (χ1v) is 6.48. The van der Waals surface area contributed by atoms with Gasteiger partial charge in [0, 0.05) is 11.8 Å². The molecule has 1 amide bonds. The number of carbonyl (C=O) groups is 1. The van der Waals surface area contributed by atoms with Gasteiger partial charge in [0.25, 0.3) is 0 Å². The highest BCUT2D eigenvalue weighted by atomic mass is 19.1. The van der Waals surface area contributed by atoms with Crippen molar-refractivity contribution in [2.24, 2.45) is 0 Å². The van der Waals surface area contributed by atoms with E-state index >= 15 is 0 Å². The Labute approximate surface area is 123 Å². The lowest BCUT2D eigenvalue weighted by Gasteiger charge is -2.06. The van der Waals surface area contributed by atoms with Crippen LogP contribution in [0.15, 0.2) is 48.5 Å². The van der Waals surface area contributed by atoms with Gasteiger partial charge in [0.05, 0.1) is 7.11 Å². The molecule has 0 bridgehead atoms. The van der Waals surface area contributed by atoms with Crippen LogP contribution in [0.5, 0.6) is 5.75 Å². The fourth-order valence-corrected chi connectivity index (χ4v) is 1.82. The molecule has 21 heavy (non-hydrogen) atoms. The molecule has 0 saturated heterocycles. The number of hydrogen-bond acceptors (Lipinski definition) is 2. The van der Waals surface area contributed by atoms with Gasteiger partial charge in [-0.1, -0.05) is 18.2 Å². The molecule has 2 aromatic rings. The van der Waals surface area contributed by atoms with E-state index in [-0.39, 0.29) is 11.7 Å². The molecule has 0 spiro atoms. The Balaban J connectivity index is 2.07. The number of hydrogen-bond donors (Lipinski definition) is 1. The van der Waals surface area contributed by atoms with Crippen LogP contribution in [0.1, 0.15) is 11.1 Å². The van der Waals surface area contributed by atoms with Crippen LogP contribution in [-0.4, -0.2) is 13.0 Å². The molecule has 0 aromatic heterocycles. The van der Waals surface area contributed by atoms with Gasteiger partial charge in [-0.2, -0.15) is 0 Å². The van der Waals surface area contributed by atoms with Crippen molar-refractivity contribution in [1.82, 2.24) is 0 Å². The molecule has 1 N–H and O–H groups in total. The molecule has 0 atom stereocenters. The topological polar surface area (TPSA) is 38.3 Å². The van der Waals surface area contributed by atoms with Gasteiger partial charge < -0.3 is 10.1 Å². The van der Waals surface area contributed by atoms with Crippen molar-refractivity contribution in [3.05, 3.63) is 65.5 Å². The van der Waals surface area contributed by atoms with E-state index in [1.54, 1.807) is 26.2 Å². The third kappa shape index (κ3) is 4.18. The van der Waals surface area contributed by atoms with Crippen LogP contribution in [0, 0.1) is 12.7 Å². The van der Waals surface area contributed by atoms with Crippen LogP contribution in [-0.2, 0) is 4.79 Å². The van der Waals surface area contributed by atoms with Gasteiger partial charge in [0.2, 0.25) is 5.91 Å². The zero-order chi connectivity index (χ0) is 15.2. The summed E-state index contributed by atoms with van der Waals surface area (Å²) in [6, 6.07) is 11.6. The van der Waals surface area contributed by atoms with Gasteiger partial charge in [-0.05, 0) is 48.4 Å². The number of carbonyl (C=O) groups excluding carboxylic acids is 1. The van der Waals surface area contributed by atoms with E-state index in [0.29, 0.717) is 5.69 Å². The summed E-state index contributed by atoms with van der Waals surface area (Å²) in [4.78, 5) is 11.9. The molecule has 2 rings (SSSR count). The predicted molar refractivity (Wildman–Crippen MR) is 81.8 cm³/mol. The number of anilines is 1. The van der Waals surface area contributed by atoms with Crippen molar-refractivity contribution >= 4 is 17.7 Å². The number of nitrogens with one attached hydrogen (secondary N) is 1. The number of rotatable bonds is 4. The first-order valence-electron chi connectivity index (χ1n) is 6.48. The predicted octanol–water partition coefficient (Wildman–Crippen LogP) is 3.79. The molecule has 0 aliphatic heterocycles. The maximum absolute atomic E-state index is 13.1. The van der Waals surface area contributed by atoms with Gasteiger partial charge in [-0.3, -0.25) is 4.79 Å². The Morgan fingerprint density at radius 3 is 2.81 bits per heavy atom. The molecule has 2 aromatic carbocycles. The SMILES string of the molecule is COc1cccc(C=CC(=O)Nc2cc(F)ccc2C)c1. The zero-order valence-corrected chi connectivity index (χ0v) is 11.9. The second-order valence-electron chi connectivity index (χ2n) is 4.56. The van der Waals surface area contributed by atoms with Crippen molar-refractivity contribution in [1.29, 1.82) is 0 Å². The van der Waals surface area contributed by atoms with Crippen molar-refractivity contribution in [3.63, 3.8) is 0 Å². The number of halogens is 1. The molecular formula is C17H16FNO2. The number of benzene rings is 2. The van der Waals surface area contributed by atoms with Crippen LogP contribution in [0.2, 0.25) is 0 Å². The number of amides is 1. The zero-order valence-electron chi connectivity index (χ0n) is 11.9. The molecule has 0 fully saturated rings. The number of aryl methyl sites for hydroxylation is 1. The lowest BCUT2D eigenvalue weighted by atomic mass is 10.2. The van der Waals surface area contributed by atoms with Gasteiger partial charge in [-0.25, -0.2) is 4.39 Å². The Kier molecular flexibility index (Phi) is 4.72. The molecule has 0 heterocycles. The average Bonchev–Trinajstić information content (AvgIpc) is 2.49. The summed E-state index contributed by atoms with van der Waals surface area (Å²) in [7, 11) is 1.59. The van der Waals surface area contributed by atoms with E-state index in [1.807, 2.05) is 24.3 Å². The largest absolute Gasteiger partial charge is 0.497 e. The highest BCUT2D eigenvalue weighted by molar-refractivity contribution is 6.02. The van der Waals surface area contributed by atoms with E-state index in [2.05, 4.69) is 5.32 Å². The van der Waals surface area contributed by atoms with Crippen LogP contribution >= 0.6 is 0 Å². The van der Waals surface area contributed by atoms with Crippen molar-refractivity contribution in [2.45, 2.75) is 6.92 Å². The van der Waals surface area contributed by atoms with Crippen molar-refractivity contribution in [3.8, 4) is 5.75 Å². The van der Waals surface area contributed by atoms with E-state index in [4.69, 9.17) is 4.74 Å². The lowest BCUT2D eigenvalue weighted by molar-refractivity contribution is -0.111. The highest BCUT2D eigenvalue weighted by Crippen LogP contribution is 2.16. The molecule has 0 aliphatic carbocycles. The van der Waals surface area contributed by atoms with Crippen molar-refractivity contribution in [2.75, 3.05) is 12.4 Å². The quantitative estimate of drug-likeness (QED) is 0.868. The minimum atomic E-state index is -0.382. The van der Waals surface area contributed by atoms with Crippen LogP contribution in [0.4, 0.5) is 10.1 Å². The fraction of sp³-hybridized carbons (Fsp3) is 0.118. The maximum atomic E-state index is 13.1. The minimum Gasteiger partial charge on any atom is -0.497 e. The van der Waals surface area contributed by atoms with Crippen LogP contribution < -0.4 is 10.1 Å². The normalized spacial score (nSPS) is 10.6. The summed E-state index contributed by atoms with van der Waals surface area (Å²) in [6.07, 6.45) is 3.08. The van der Waals surface area contributed by atoms with E-state index in [0.717, 1.165) is 16.9 Å². The van der Waals surface area contributed by atoms with E-state index in [9.17, 15) is 9.18 Å². The van der Waals surface area contributed by atoms with E-state index < -0.39 is 0 Å². The Morgan fingerprint density at radius 2 is 2.05 bits per heavy atom. The average molecular weight is 285 g/mol. The summed E-state index contributed by atoms with van der Waals surface area (Å²) >= 11 is 0. The molecule has 0 aliphatic rings. The number of methoxy groups -OCH3 is 1. The van der Waals surface area contributed by atoms with Gasteiger partial charge in [-0.15, -0.1) is 0 Å². The Bertz CT molecular complexity index is 680. The molecular weight excluding hydrogens is 269 g/mol. The first-order chi connectivity index (χ1) is 10.1. The molecule has 0 unspecified atom stereocenters. The second kappa shape index (κ2) is 6.70. The van der Waals surface area contributed by atoms with Gasteiger partial charge in [0.1, 0.15) is 11.6 Å². The molecule has 3 nitrogen and oxygen atoms in total. The monoisotopic (exact) mass is 285 g/mol. The third-order valence-corrected chi connectivity index (χ3v) is 2.98. The number of ether oxygens (including phenoxy) is 1. The van der Waals surface area contributed by atoms with Crippen LogP contribution in [0.25, 0.3) is 6.08 Å². The smallest absolute Gasteiger partial charge is 0.248 e. The Hall–Kier alpha value is -2.62. The molecule has 0 saturated carbocycles. The lowest BCUT2D eigenvalue weighted by Crippen LogP contribution is -2.09. The van der Waals surface area contributed by atoms with Gasteiger partial charge >= 0.3 is 0 Å². The summed E-state index contributed by atoms with van der Waals surface area (Å²) in [5.41, 5.74) is 2.12. The molecule has 0 radical (unpaired) electrons. The van der Waals surface area contributed by atoms with Gasteiger partial charge in [0.15, 0.2) is 0 Å².